The van der Waals surface area contributed by atoms with E-state index in [-0.39, 0.29) is 12.4 Å². The summed E-state index contributed by atoms with van der Waals surface area (Å²) in [5.74, 6) is 1.33. The zero-order chi connectivity index (χ0) is 9.97. The molecule has 0 amide bonds. The van der Waals surface area contributed by atoms with Crippen molar-refractivity contribution in [3.8, 4) is 5.75 Å². The van der Waals surface area contributed by atoms with E-state index >= 15 is 0 Å². The number of aromatic nitrogens is 1. The maximum Gasteiger partial charge on any atom is 0.119 e. The van der Waals surface area contributed by atoms with Crippen molar-refractivity contribution >= 4 is 34.9 Å². The van der Waals surface area contributed by atoms with E-state index in [0.717, 1.165) is 22.2 Å². The average Bonchev–Trinajstić information content (AvgIpc) is 2.27. The Morgan fingerprint density at radius 2 is 2.13 bits per heavy atom. The van der Waals surface area contributed by atoms with Crippen molar-refractivity contribution in [3.05, 3.63) is 36.0 Å². The lowest BCUT2D eigenvalue weighted by Crippen LogP contribution is -1.86. The lowest BCUT2D eigenvalue weighted by Gasteiger charge is -2.02. The molecule has 4 heteroatoms. The second kappa shape index (κ2) is 5.19. The fourth-order valence-electron chi connectivity index (χ4n) is 1.36. The minimum absolute atomic E-state index is 0. The van der Waals surface area contributed by atoms with Crippen LogP contribution >= 0.6 is 24.0 Å². The molecule has 0 fully saturated rings. The molecular weight excluding hydrogens is 233 g/mol. The van der Waals surface area contributed by atoms with Crippen molar-refractivity contribution in [3.63, 3.8) is 0 Å². The van der Waals surface area contributed by atoms with E-state index in [9.17, 15) is 0 Å². The van der Waals surface area contributed by atoms with Crippen LogP contribution in [0.25, 0.3) is 10.9 Å². The van der Waals surface area contributed by atoms with Crippen LogP contribution in [0.2, 0.25) is 0 Å². The first-order chi connectivity index (χ1) is 6.83. The number of methoxy groups -OCH3 is 1. The summed E-state index contributed by atoms with van der Waals surface area (Å²) >= 11 is 5.73. The summed E-state index contributed by atoms with van der Waals surface area (Å²) < 4.78 is 5.14. The third kappa shape index (κ3) is 2.52. The Morgan fingerprint density at radius 1 is 1.33 bits per heavy atom. The maximum atomic E-state index is 5.73. The van der Waals surface area contributed by atoms with Gasteiger partial charge in [0.05, 0.1) is 12.6 Å². The van der Waals surface area contributed by atoms with E-state index in [0.29, 0.717) is 5.88 Å². The van der Waals surface area contributed by atoms with Gasteiger partial charge in [-0.15, -0.1) is 24.0 Å². The van der Waals surface area contributed by atoms with Gasteiger partial charge in [0.15, 0.2) is 0 Å². The van der Waals surface area contributed by atoms with Gasteiger partial charge in [0, 0.05) is 17.5 Å². The fourth-order valence-corrected chi connectivity index (χ4v) is 1.50. The highest BCUT2D eigenvalue weighted by Gasteiger charge is 1.98. The first-order valence-electron chi connectivity index (χ1n) is 4.32. The second-order valence-electron chi connectivity index (χ2n) is 3.04. The van der Waals surface area contributed by atoms with Gasteiger partial charge in [-0.25, -0.2) is 0 Å². The zero-order valence-electron chi connectivity index (χ0n) is 8.24. The Balaban J connectivity index is 0.00000112. The molecule has 0 bridgehead atoms. The highest BCUT2D eigenvalue weighted by atomic mass is 35.5. The molecule has 0 radical (unpaired) electrons. The molecule has 0 N–H and O–H groups in total. The summed E-state index contributed by atoms with van der Waals surface area (Å²) in [7, 11) is 1.65. The number of halogens is 2. The molecule has 1 heterocycles. The lowest BCUT2D eigenvalue weighted by atomic mass is 10.2. The SMILES string of the molecule is COc1ccc2ncc(CCl)cc2c1.Cl. The molecule has 0 saturated heterocycles. The number of fused-ring (bicyclic) bond motifs is 1. The monoisotopic (exact) mass is 243 g/mol. The minimum Gasteiger partial charge on any atom is -0.497 e. The Kier molecular flexibility index (Phi) is 4.18. The molecular formula is C11H11Cl2NO. The molecule has 2 rings (SSSR count). The van der Waals surface area contributed by atoms with E-state index < -0.39 is 0 Å². The van der Waals surface area contributed by atoms with Crippen LogP contribution < -0.4 is 4.74 Å². The van der Waals surface area contributed by atoms with Crippen LogP contribution in [0.4, 0.5) is 0 Å². The zero-order valence-corrected chi connectivity index (χ0v) is 9.81. The smallest absolute Gasteiger partial charge is 0.119 e. The third-order valence-corrected chi connectivity index (χ3v) is 2.41. The van der Waals surface area contributed by atoms with Crippen molar-refractivity contribution in [2.24, 2.45) is 0 Å². The van der Waals surface area contributed by atoms with Gasteiger partial charge in [0.1, 0.15) is 5.75 Å². The number of alkyl halides is 1. The van der Waals surface area contributed by atoms with Crippen LogP contribution in [0.1, 0.15) is 5.56 Å². The van der Waals surface area contributed by atoms with Gasteiger partial charge in [0.2, 0.25) is 0 Å². The van der Waals surface area contributed by atoms with Crippen molar-refractivity contribution in [2.75, 3.05) is 7.11 Å². The first-order valence-corrected chi connectivity index (χ1v) is 4.85. The Hall–Kier alpha value is -0.990. The van der Waals surface area contributed by atoms with Crippen LogP contribution in [0.3, 0.4) is 0 Å². The lowest BCUT2D eigenvalue weighted by molar-refractivity contribution is 0.415. The predicted molar refractivity (Wildman–Crippen MR) is 65.1 cm³/mol. The molecule has 0 aliphatic carbocycles. The Bertz CT molecular complexity index is 421. The molecule has 15 heavy (non-hydrogen) atoms. The van der Waals surface area contributed by atoms with Gasteiger partial charge >= 0.3 is 0 Å². The number of benzene rings is 1. The number of nitrogens with zero attached hydrogens (tertiary/aromatic N) is 1. The topological polar surface area (TPSA) is 22.1 Å². The molecule has 80 valence electrons. The standard InChI is InChI=1S/C11H10ClNO.ClH/c1-14-10-2-3-11-9(5-10)4-8(6-12)7-13-11;/h2-5,7H,6H2,1H3;1H. The van der Waals surface area contributed by atoms with Gasteiger partial charge in [0.25, 0.3) is 0 Å². The Labute approximate surface area is 99.6 Å². The normalized spacial score (nSPS) is 9.73. The molecule has 0 spiro atoms. The largest absolute Gasteiger partial charge is 0.497 e. The van der Waals surface area contributed by atoms with Gasteiger partial charge in [-0.2, -0.15) is 0 Å². The quantitative estimate of drug-likeness (QED) is 0.755. The van der Waals surface area contributed by atoms with E-state index in [4.69, 9.17) is 16.3 Å². The summed E-state index contributed by atoms with van der Waals surface area (Å²) in [5.41, 5.74) is 1.98. The molecule has 1 aromatic carbocycles. The summed E-state index contributed by atoms with van der Waals surface area (Å²) in [6, 6.07) is 7.82. The molecule has 0 aliphatic rings. The van der Waals surface area contributed by atoms with Gasteiger partial charge in [-0.3, -0.25) is 4.98 Å². The maximum absolute atomic E-state index is 5.73. The highest BCUT2D eigenvalue weighted by Crippen LogP contribution is 2.20. The van der Waals surface area contributed by atoms with Crippen molar-refractivity contribution in [2.45, 2.75) is 5.88 Å². The molecule has 0 unspecified atom stereocenters. The third-order valence-electron chi connectivity index (χ3n) is 2.10. The molecule has 2 nitrogen and oxygen atoms in total. The number of rotatable bonds is 2. The Morgan fingerprint density at radius 3 is 2.80 bits per heavy atom. The summed E-state index contributed by atoms with van der Waals surface area (Å²) in [6.07, 6.45) is 1.79. The van der Waals surface area contributed by atoms with Crippen LogP contribution in [-0.2, 0) is 5.88 Å². The highest BCUT2D eigenvalue weighted by molar-refractivity contribution is 6.17. The average molecular weight is 244 g/mol. The van der Waals surface area contributed by atoms with Crippen molar-refractivity contribution in [1.29, 1.82) is 0 Å². The van der Waals surface area contributed by atoms with E-state index in [1.54, 1.807) is 13.3 Å². The minimum atomic E-state index is 0. The summed E-state index contributed by atoms with van der Waals surface area (Å²) in [6.45, 7) is 0. The number of hydrogen-bond acceptors (Lipinski definition) is 2. The van der Waals surface area contributed by atoms with Gasteiger partial charge < -0.3 is 4.74 Å². The number of hydrogen-bond donors (Lipinski definition) is 0. The molecule has 2 aromatic rings. The first kappa shape index (κ1) is 12.1. The van der Waals surface area contributed by atoms with Crippen molar-refractivity contribution < 1.29 is 4.74 Å². The van der Waals surface area contributed by atoms with E-state index in [2.05, 4.69) is 4.98 Å². The van der Waals surface area contributed by atoms with Gasteiger partial charge in [-0.05, 0) is 29.8 Å². The second-order valence-corrected chi connectivity index (χ2v) is 3.30. The summed E-state index contributed by atoms with van der Waals surface area (Å²) in [4.78, 5) is 4.29. The van der Waals surface area contributed by atoms with E-state index in [1.807, 2.05) is 24.3 Å². The predicted octanol–water partition coefficient (Wildman–Crippen LogP) is 3.40. The number of pyridine rings is 1. The van der Waals surface area contributed by atoms with Crippen LogP contribution in [0, 0.1) is 0 Å². The van der Waals surface area contributed by atoms with Crippen LogP contribution in [-0.4, -0.2) is 12.1 Å². The summed E-state index contributed by atoms with van der Waals surface area (Å²) in [5, 5.41) is 1.06. The van der Waals surface area contributed by atoms with Crippen LogP contribution in [0.15, 0.2) is 30.5 Å². The fraction of sp³-hybridized carbons (Fsp3) is 0.182. The molecule has 0 saturated carbocycles. The molecule has 0 atom stereocenters. The molecule has 1 aromatic heterocycles. The van der Waals surface area contributed by atoms with Crippen LogP contribution in [0.5, 0.6) is 5.75 Å². The van der Waals surface area contributed by atoms with Gasteiger partial charge in [-0.1, -0.05) is 0 Å². The number of ether oxygens (including phenoxy) is 1. The molecule has 0 aliphatic heterocycles. The van der Waals surface area contributed by atoms with E-state index in [1.165, 1.54) is 0 Å². The van der Waals surface area contributed by atoms with Crippen molar-refractivity contribution in [1.82, 2.24) is 4.98 Å².